The number of hydrogen-bond donors (Lipinski definition) is 0. The van der Waals surface area contributed by atoms with Crippen LogP contribution in [0, 0.1) is 25.2 Å². The number of carbonyl (C=O) groups excluding carboxylic acids is 1. The molecule has 0 N–H and O–H groups in total. The Morgan fingerprint density at radius 1 is 1.39 bits per heavy atom. The highest BCUT2D eigenvalue weighted by Gasteiger charge is 2.20. The molecule has 0 aliphatic carbocycles. The molecule has 28 heavy (non-hydrogen) atoms. The van der Waals surface area contributed by atoms with Gasteiger partial charge in [-0.15, -0.1) is 0 Å². The van der Waals surface area contributed by atoms with Gasteiger partial charge in [-0.3, -0.25) is 0 Å². The summed E-state index contributed by atoms with van der Waals surface area (Å²) in [7, 11) is 0. The van der Waals surface area contributed by atoms with Crippen molar-refractivity contribution in [2.75, 3.05) is 0 Å². The topological polar surface area (TPSA) is 81.0 Å². The number of esters is 1. The van der Waals surface area contributed by atoms with Crippen molar-refractivity contribution in [1.29, 1.82) is 5.26 Å². The number of aryl methyl sites for hydroxylation is 1. The SMILES string of the molecule is CCCCn1c(C)cc(/C=C(/C#N)C(=O)OCc2ncc(C(C)(C)C)o2)c1C. The Morgan fingerprint density at radius 3 is 2.68 bits per heavy atom. The van der Waals surface area contributed by atoms with Crippen LogP contribution in [0.1, 0.15) is 69.1 Å². The minimum Gasteiger partial charge on any atom is -0.452 e. The fraction of sp³-hybridized carbons (Fsp3) is 0.500. The van der Waals surface area contributed by atoms with Gasteiger partial charge in [0.2, 0.25) is 5.89 Å². The van der Waals surface area contributed by atoms with Crippen LogP contribution in [-0.2, 0) is 28.1 Å². The molecule has 0 fully saturated rings. The predicted molar refractivity (Wildman–Crippen MR) is 107 cm³/mol. The van der Waals surface area contributed by atoms with Crippen LogP contribution < -0.4 is 0 Å². The number of hydrogen-bond acceptors (Lipinski definition) is 5. The molecule has 0 radical (unpaired) electrons. The Hall–Kier alpha value is -2.81. The van der Waals surface area contributed by atoms with E-state index in [2.05, 4.69) is 16.5 Å². The Balaban J connectivity index is 2.11. The smallest absolute Gasteiger partial charge is 0.349 e. The van der Waals surface area contributed by atoms with Crippen molar-refractivity contribution in [3.8, 4) is 6.07 Å². The van der Waals surface area contributed by atoms with E-state index >= 15 is 0 Å². The summed E-state index contributed by atoms with van der Waals surface area (Å²) in [5, 5.41) is 9.41. The van der Waals surface area contributed by atoms with Gasteiger partial charge in [0.25, 0.3) is 0 Å². The largest absolute Gasteiger partial charge is 0.452 e. The summed E-state index contributed by atoms with van der Waals surface area (Å²) in [5.74, 6) is 0.346. The number of carbonyl (C=O) groups is 1. The first-order chi connectivity index (χ1) is 13.2. The first-order valence-corrected chi connectivity index (χ1v) is 9.58. The molecule has 0 amide bonds. The van der Waals surface area contributed by atoms with Gasteiger partial charge < -0.3 is 13.7 Å². The second-order valence-corrected chi connectivity index (χ2v) is 7.95. The second-order valence-electron chi connectivity index (χ2n) is 7.95. The average Bonchev–Trinajstić information content (AvgIpc) is 3.21. The Kier molecular flexibility index (Phi) is 6.85. The minimum atomic E-state index is -0.684. The van der Waals surface area contributed by atoms with E-state index in [1.807, 2.05) is 46.8 Å². The fourth-order valence-corrected chi connectivity index (χ4v) is 2.86. The van der Waals surface area contributed by atoms with Gasteiger partial charge in [-0.2, -0.15) is 5.26 Å². The molecule has 150 valence electrons. The summed E-state index contributed by atoms with van der Waals surface area (Å²) in [4.78, 5) is 16.5. The van der Waals surface area contributed by atoms with Crippen molar-refractivity contribution in [2.45, 2.75) is 73.0 Å². The highest BCUT2D eigenvalue weighted by molar-refractivity contribution is 5.98. The summed E-state index contributed by atoms with van der Waals surface area (Å²) in [6.07, 6.45) is 5.41. The quantitative estimate of drug-likeness (QED) is 0.388. The lowest BCUT2D eigenvalue weighted by Gasteiger charge is -2.13. The zero-order chi connectivity index (χ0) is 20.9. The molecule has 0 aliphatic heterocycles. The number of ether oxygens (including phenoxy) is 1. The van der Waals surface area contributed by atoms with Gasteiger partial charge >= 0.3 is 5.97 Å². The van der Waals surface area contributed by atoms with E-state index in [0.717, 1.165) is 36.3 Å². The lowest BCUT2D eigenvalue weighted by atomic mass is 9.94. The van der Waals surface area contributed by atoms with Gasteiger partial charge in [-0.1, -0.05) is 34.1 Å². The van der Waals surface area contributed by atoms with Crippen molar-refractivity contribution in [1.82, 2.24) is 9.55 Å². The maximum Gasteiger partial charge on any atom is 0.349 e. The monoisotopic (exact) mass is 383 g/mol. The molecule has 2 rings (SSSR count). The summed E-state index contributed by atoms with van der Waals surface area (Å²) < 4.78 is 13.0. The first-order valence-electron chi connectivity index (χ1n) is 9.58. The molecule has 0 saturated heterocycles. The molecular weight excluding hydrogens is 354 g/mol. The van der Waals surface area contributed by atoms with Crippen LogP contribution in [-0.4, -0.2) is 15.5 Å². The predicted octanol–water partition coefficient (Wildman–Crippen LogP) is 4.84. The van der Waals surface area contributed by atoms with E-state index in [9.17, 15) is 10.1 Å². The molecule has 0 saturated carbocycles. The number of rotatable bonds is 7. The van der Waals surface area contributed by atoms with Gasteiger partial charge in [0.05, 0.1) is 6.20 Å². The average molecular weight is 383 g/mol. The maximum absolute atomic E-state index is 12.3. The fourth-order valence-electron chi connectivity index (χ4n) is 2.86. The number of oxazole rings is 1. The van der Waals surface area contributed by atoms with Crippen molar-refractivity contribution in [2.24, 2.45) is 0 Å². The molecule has 0 aromatic carbocycles. The Bertz CT molecular complexity index is 905. The van der Waals surface area contributed by atoms with E-state index in [4.69, 9.17) is 9.15 Å². The highest BCUT2D eigenvalue weighted by atomic mass is 16.5. The number of nitriles is 1. The molecule has 6 heteroatoms. The van der Waals surface area contributed by atoms with Crippen molar-refractivity contribution in [3.63, 3.8) is 0 Å². The van der Waals surface area contributed by atoms with Crippen LogP contribution in [0.4, 0.5) is 0 Å². The van der Waals surface area contributed by atoms with Crippen LogP contribution >= 0.6 is 0 Å². The van der Waals surface area contributed by atoms with Gasteiger partial charge in [-0.25, -0.2) is 9.78 Å². The lowest BCUT2D eigenvalue weighted by Crippen LogP contribution is -2.09. The van der Waals surface area contributed by atoms with E-state index in [0.29, 0.717) is 11.7 Å². The van der Waals surface area contributed by atoms with Gasteiger partial charge in [0, 0.05) is 23.3 Å². The van der Waals surface area contributed by atoms with Crippen molar-refractivity contribution in [3.05, 3.63) is 46.4 Å². The van der Waals surface area contributed by atoms with E-state index in [1.54, 1.807) is 12.3 Å². The third-order valence-corrected chi connectivity index (χ3v) is 4.61. The summed E-state index contributed by atoms with van der Waals surface area (Å²) in [5.41, 5.74) is 2.78. The first kappa shape index (κ1) is 21.5. The molecule has 2 aromatic rings. The molecule has 6 nitrogen and oxygen atoms in total. The summed E-state index contributed by atoms with van der Waals surface area (Å²) in [6, 6.07) is 3.93. The zero-order valence-corrected chi connectivity index (χ0v) is 17.6. The minimum absolute atomic E-state index is 0.0432. The zero-order valence-electron chi connectivity index (χ0n) is 17.6. The van der Waals surface area contributed by atoms with Gasteiger partial charge in [-0.05, 0) is 38.0 Å². The summed E-state index contributed by atoms with van der Waals surface area (Å²) >= 11 is 0. The standard InChI is InChI=1S/C22H29N3O3/c1-7-8-9-25-15(2)10-17(16(25)3)11-18(12-23)21(26)27-14-20-24-13-19(28-20)22(4,5)6/h10-11,13H,7-9,14H2,1-6H3/b18-11-. The molecule has 0 bridgehead atoms. The molecule has 0 atom stereocenters. The van der Waals surface area contributed by atoms with Crippen molar-refractivity contribution < 1.29 is 13.9 Å². The van der Waals surface area contributed by atoms with Crippen LogP contribution in [0.5, 0.6) is 0 Å². The highest BCUT2D eigenvalue weighted by Crippen LogP contribution is 2.23. The third kappa shape index (κ3) is 5.13. The number of aromatic nitrogens is 2. The van der Waals surface area contributed by atoms with Crippen LogP contribution in [0.3, 0.4) is 0 Å². The molecular formula is C22H29N3O3. The van der Waals surface area contributed by atoms with Gasteiger partial charge in [0.15, 0.2) is 6.61 Å². The Morgan fingerprint density at radius 2 is 2.11 bits per heavy atom. The number of unbranched alkanes of at least 4 members (excludes halogenated alkanes) is 1. The lowest BCUT2D eigenvalue weighted by molar-refractivity contribution is -0.140. The van der Waals surface area contributed by atoms with Crippen LogP contribution in [0.15, 0.2) is 22.3 Å². The van der Waals surface area contributed by atoms with E-state index in [-0.39, 0.29) is 17.6 Å². The second kappa shape index (κ2) is 8.92. The van der Waals surface area contributed by atoms with Crippen LogP contribution in [0.2, 0.25) is 0 Å². The number of nitrogens with zero attached hydrogens (tertiary/aromatic N) is 3. The van der Waals surface area contributed by atoms with Crippen LogP contribution in [0.25, 0.3) is 6.08 Å². The molecule has 0 spiro atoms. The Labute approximate surface area is 166 Å². The molecule has 0 unspecified atom stereocenters. The van der Waals surface area contributed by atoms with Gasteiger partial charge in [0.1, 0.15) is 17.4 Å². The maximum atomic E-state index is 12.3. The van der Waals surface area contributed by atoms with Crippen molar-refractivity contribution >= 4 is 12.0 Å². The summed E-state index contributed by atoms with van der Waals surface area (Å²) in [6.45, 7) is 13.0. The normalized spacial score (nSPS) is 12.1. The van der Waals surface area contributed by atoms with E-state index < -0.39 is 5.97 Å². The molecule has 2 heterocycles. The molecule has 2 aromatic heterocycles. The third-order valence-electron chi connectivity index (χ3n) is 4.61. The van der Waals surface area contributed by atoms with E-state index in [1.165, 1.54) is 0 Å². The molecule has 0 aliphatic rings.